The zero-order chi connectivity index (χ0) is 12.0. The van der Waals surface area contributed by atoms with E-state index in [1.165, 1.54) is 0 Å². The molecule has 0 spiro atoms. The lowest BCUT2D eigenvalue weighted by molar-refractivity contribution is 0.294. The molecule has 1 atom stereocenters. The minimum absolute atomic E-state index is 0.355. The molecular formula is C10H7Br2Cl3O. The van der Waals surface area contributed by atoms with E-state index in [0.29, 0.717) is 13.0 Å². The van der Waals surface area contributed by atoms with Crippen molar-refractivity contribution in [2.75, 3.05) is 6.61 Å². The van der Waals surface area contributed by atoms with Crippen molar-refractivity contribution in [3.8, 4) is 0 Å². The smallest absolute Gasteiger partial charge is 0.193 e. The van der Waals surface area contributed by atoms with Gasteiger partial charge in [0.1, 0.15) is 5.60 Å². The summed E-state index contributed by atoms with van der Waals surface area (Å²) >= 11 is 24.3. The molecule has 88 valence electrons. The average Bonchev–Trinajstić information content (AvgIpc) is 2.80. The topological polar surface area (TPSA) is 12.5 Å². The number of epoxide rings is 1. The number of halogens is 5. The summed E-state index contributed by atoms with van der Waals surface area (Å²) in [5, 5.41) is 0. The van der Waals surface area contributed by atoms with E-state index in [4.69, 9.17) is 39.5 Å². The molecule has 2 rings (SSSR count). The highest BCUT2D eigenvalue weighted by Gasteiger charge is 2.51. The summed E-state index contributed by atoms with van der Waals surface area (Å²) < 4.78 is 6.11. The third-order valence-electron chi connectivity index (χ3n) is 2.37. The van der Waals surface area contributed by atoms with Crippen LogP contribution in [-0.4, -0.2) is 10.4 Å². The summed E-state index contributed by atoms with van der Waals surface area (Å²) in [7, 11) is 0. The third kappa shape index (κ3) is 3.27. The minimum Gasteiger partial charge on any atom is -0.364 e. The first-order chi connectivity index (χ1) is 7.31. The Morgan fingerprint density at radius 3 is 2.06 bits per heavy atom. The van der Waals surface area contributed by atoms with Crippen molar-refractivity contribution in [3.05, 3.63) is 32.7 Å². The molecule has 0 aliphatic carbocycles. The Bertz CT molecular complexity index is 393. The summed E-state index contributed by atoms with van der Waals surface area (Å²) in [5.74, 6) is 0. The van der Waals surface area contributed by atoms with Crippen LogP contribution in [0.15, 0.2) is 27.1 Å². The molecule has 1 unspecified atom stereocenters. The van der Waals surface area contributed by atoms with E-state index in [1.54, 1.807) is 0 Å². The first kappa shape index (κ1) is 13.4. The van der Waals surface area contributed by atoms with E-state index in [2.05, 4.69) is 31.9 Å². The summed E-state index contributed by atoms with van der Waals surface area (Å²) in [6.07, 6.45) is 0.355. The predicted octanol–water partition coefficient (Wildman–Crippen LogP) is 5.20. The molecule has 1 nitrogen and oxygen atoms in total. The molecule has 6 heteroatoms. The lowest BCUT2D eigenvalue weighted by Gasteiger charge is -2.18. The Morgan fingerprint density at radius 2 is 1.69 bits per heavy atom. The Labute approximate surface area is 126 Å². The van der Waals surface area contributed by atoms with Gasteiger partial charge < -0.3 is 4.74 Å². The van der Waals surface area contributed by atoms with E-state index < -0.39 is 9.39 Å². The SMILES string of the molecule is ClC(Cl)(Cl)CC1(c2cc(Br)cc(Br)c2)CO1. The van der Waals surface area contributed by atoms with Crippen LogP contribution in [0.1, 0.15) is 12.0 Å². The van der Waals surface area contributed by atoms with E-state index in [1.807, 2.05) is 18.2 Å². The van der Waals surface area contributed by atoms with Crippen LogP contribution in [0.25, 0.3) is 0 Å². The summed E-state index contributed by atoms with van der Waals surface area (Å²) in [6.45, 7) is 0.587. The number of hydrogen-bond acceptors (Lipinski definition) is 1. The van der Waals surface area contributed by atoms with Crippen LogP contribution in [-0.2, 0) is 10.3 Å². The van der Waals surface area contributed by atoms with Gasteiger partial charge >= 0.3 is 0 Å². The molecule has 1 aromatic rings. The number of alkyl halides is 3. The van der Waals surface area contributed by atoms with Gasteiger partial charge in [0.2, 0.25) is 0 Å². The van der Waals surface area contributed by atoms with Gasteiger partial charge in [0, 0.05) is 15.4 Å². The van der Waals surface area contributed by atoms with Crippen LogP contribution in [0.3, 0.4) is 0 Å². The number of ether oxygens (including phenoxy) is 1. The molecular weight excluding hydrogens is 402 g/mol. The molecule has 1 aliphatic rings. The van der Waals surface area contributed by atoms with Crippen LogP contribution in [0.5, 0.6) is 0 Å². The van der Waals surface area contributed by atoms with E-state index in [9.17, 15) is 0 Å². The van der Waals surface area contributed by atoms with Crippen LogP contribution in [0, 0.1) is 0 Å². The van der Waals surface area contributed by atoms with Crippen molar-refractivity contribution >= 4 is 66.7 Å². The number of hydrogen-bond donors (Lipinski definition) is 0. The number of rotatable bonds is 2. The second-order valence-corrected chi connectivity index (χ2v) is 8.08. The molecule has 0 saturated carbocycles. The Kier molecular flexibility index (Phi) is 3.86. The fraction of sp³-hybridized carbons (Fsp3) is 0.400. The number of benzene rings is 1. The quantitative estimate of drug-likeness (QED) is 0.483. The minimum atomic E-state index is -1.30. The van der Waals surface area contributed by atoms with Crippen molar-refractivity contribution < 1.29 is 4.74 Å². The molecule has 0 radical (unpaired) electrons. The van der Waals surface area contributed by atoms with Crippen molar-refractivity contribution in [2.45, 2.75) is 15.8 Å². The van der Waals surface area contributed by atoms with Crippen molar-refractivity contribution in [3.63, 3.8) is 0 Å². The average molecular weight is 409 g/mol. The molecule has 0 amide bonds. The third-order valence-corrected chi connectivity index (χ3v) is 3.68. The maximum atomic E-state index is 5.81. The van der Waals surface area contributed by atoms with Gasteiger partial charge in [0.05, 0.1) is 6.61 Å². The molecule has 0 aromatic heterocycles. The van der Waals surface area contributed by atoms with Gasteiger partial charge in [0.15, 0.2) is 3.79 Å². The van der Waals surface area contributed by atoms with Gasteiger partial charge in [-0.3, -0.25) is 0 Å². The summed E-state index contributed by atoms with van der Waals surface area (Å²) in [5.41, 5.74) is 0.567. The van der Waals surface area contributed by atoms with Gasteiger partial charge in [-0.05, 0) is 23.8 Å². The Hall–Kier alpha value is 1.01. The van der Waals surface area contributed by atoms with Crippen LogP contribution in [0.2, 0.25) is 0 Å². The van der Waals surface area contributed by atoms with Crippen molar-refractivity contribution in [2.24, 2.45) is 0 Å². The van der Waals surface area contributed by atoms with E-state index >= 15 is 0 Å². The highest BCUT2D eigenvalue weighted by atomic mass is 79.9. The fourth-order valence-corrected chi connectivity index (χ4v) is 3.54. The maximum absolute atomic E-state index is 5.81. The molecule has 1 aliphatic heterocycles. The maximum Gasteiger partial charge on any atom is 0.193 e. The second kappa shape index (κ2) is 4.60. The predicted molar refractivity (Wildman–Crippen MR) is 74.4 cm³/mol. The molecule has 1 saturated heterocycles. The fourth-order valence-electron chi connectivity index (χ4n) is 1.60. The van der Waals surface area contributed by atoms with Gasteiger partial charge in [-0.2, -0.15) is 0 Å². The van der Waals surface area contributed by atoms with E-state index in [-0.39, 0.29) is 0 Å². The Morgan fingerprint density at radius 1 is 1.19 bits per heavy atom. The standard InChI is InChI=1S/C10H7Br2Cl3O/c11-7-1-6(2-8(12)3-7)9(5-16-9)4-10(13,14)15/h1-3H,4-5H2. The largest absolute Gasteiger partial charge is 0.364 e. The molecule has 0 bridgehead atoms. The van der Waals surface area contributed by atoms with Gasteiger partial charge in [0.25, 0.3) is 0 Å². The van der Waals surface area contributed by atoms with Gasteiger partial charge in [-0.15, -0.1) is 0 Å². The first-order valence-corrected chi connectivity index (χ1v) is 7.20. The normalized spacial score (nSPS) is 24.6. The first-order valence-electron chi connectivity index (χ1n) is 4.48. The van der Waals surface area contributed by atoms with Crippen molar-refractivity contribution in [1.29, 1.82) is 0 Å². The Balaban J connectivity index is 2.30. The molecule has 16 heavy (non-hydrogen) atoms. The highest BCUT2D eigenvalue weighted by molar-refractivity contribution is 9.11. The second-order valence-electron chi connectivity index (χ2n) is 3.73. The van der Waals surface area contributed by atoms with Crippen LogP contribution >= 0.6 is 66.7 Å². The monoisotopic (exact) mass is 406 g/mol. The zero-order valence-corrected chi connectivity index (χ0v) is 13.4. The summed E-state index contributed by atoms with van der Waals surface area (Å²) in [6, 6.07) is 5.91. The molecule has 1 aromatic carbocycles. The van der Waals surface area contributed by atoms with Gasteiger partial charge in [-0.25, -0.2) is 0 Å². The zero-order valence-electron chi connectivity index (χ0n) is 7.94. The molecule has 0 N–H and O–H groups in total. The summed E-state index contributed by atoms with van der Waals surface area (Å²) in [4.78, 5) is 0. The van der Waals surface area contributed by atoms with Crippen molar-refractivity contribution in [1.82, 2.24) is 0 Å². The molecule has 1 heterocycles. The van der Waals surface area contributed by atoms with Gasteiger partial charge in [-0.1, -0.05) is 66.7 Å². The van der Waals surface area contributed by atoms with Crippen LogP contribution in [0.4, 0.5) is 0 Å². The highest BCUT2D eigenvalue weighted by Crippen LogP contribution is 2.50. The molecule has 1 fully saturated rings. The van der Waals surface area contributed by atoms with Crippen LogP contribution < -0.4 is 0 Å². The lowest BCUT2D eigenvalue weighted by atomic mass is 9.97. The lowest BCUT2D eigenvalue weighted by Crippen LogP contribution is -2.18. The van der Waals surface area contributed by atoms with E-state index in [0.717, 1.165) is 14.5 Å².